The molecule has 0 unspecified atom stereocenters. The lowest BCUT2D eigenvalue weighted by Crippen LogP contribution is -1.94. The Morgan fingerprint density at radius 2 is 0.809 bits per heavy atom. The van der Waals surface area contributed by atoms with E-state index in [4.69, 9.17) is 0 Å². The Labute approximate surface area is 272 Å². The first-order valence-corrected chi connectivity index (χ1v) is 16.3. The Hall–Kier alpha value is -6.18. The van der Waals surface area contributed by atoms with Gasteiger partial charge in [-0.3, -0.25) is 0 Å². The molecule has 47 heavy (non-hydrogen) atoms. The van der Waals surface area contributed by atoms with Gasteiger partial charge >= 0.3 is 0 Å². The first kappa shape index (κ1) is 26.1. The van der Waals surface area contributed by atoms with Crippen molar-refractivity contribution >= 4 is 64.9 Å². The van der Waals surface area contributed by atoms with E-state index in [2.05, 4.69) is 180 Å². The maximum absolute atomic E-state index is 2.44. The summed E-state index contributed by atoms with van der Waals surface area (Å²) in [6.45, 7) is 0. The fourth-order valence-electron chi connectivity index (χ4n) is 7.68. The highest BCUT2D eigenvalue weighted by atomic mass is 15.0. The molecule has 0 saturated heterocycles. The maximum atomic E-state index is 2.44. The predicted octanol–water partition coefficient (Wildman–Crippen LogP) is 12.7. The third-order valence-corrected chi connectivity index (χ3v) is 9.94. The predicted molar refractivity (Wildman–Crippen MR) is 202 cm³/mol. The van der Waals surface area contributed by atoms with Gasteiger partial charge in [-0.1, -0.05) is 133 Å². The van der Waals surface area contributed by atoms with Gasteiger partial charge in [0, 0.05) is 16.5 Å². The molecule has 0 saturated carbocycles. The van der Waals surface area contributed by atoms with E-state index in [0.717, 1.165) is 0 Å². The van der Waals surface area contributed by atoms with E-state index in [1.807, 2.05) is 0 Å². The molecule has 0 aliphatic carbocycles. The van der Waals surface area contributed by atoms with Crippen LogP contribution in [0.4, 0.5) is 0 Å². The Morgan fingerprint density at radius 3 is 1.62 bits per heavy atom. The van der Waals surface area contributed by atoms with Crippen molar-refractivity contribution in [1.29, 1.82) is 0 Å². The van der Waals surface area contributed by atoms with Crippen molar-refractivity contribution in [3.63, 3.8) is 0 Å². The monoisotopic (exact) mass is 595 g/mol. The van der Waals surface area contributed by atoms with Gasteiger partial charge in [0.1, 0.15) is 0 Å². The highest BCUT2D eigenvalue weighted by molar-refractivity contribution is 6.29. The number of rotatable bonds is 3. The lowest BCUT2D eigenvalue weighted by molar-refractivity contribution is 1.18. The van der Waals surface area contributed by atoms with E-state index in [9.17, 15) is 0 Å². The first-order valence-electron chi connectivity index (χ1n) is 16.3. The second-order valence-electron chi connectivity index (χ2n) is 12.5. The zero-order chi connectivity index (χ0) is 30.9. The van der Waals surface area contributed by atoms with E-state index in [0.29, 0.717) is 0 Å². The van der Waals surface area contributed by atoms with E-state index in [1.54, 1.807) is 0 Å². The summed E-state index contributed by atoms with van der Waals surface area (Å²) in [5.74, 6) is 0. The number of hydrogen-bond donors (Lipinski definition) is 0. The van der Waals surface area contributed by atoms with Crippen LogP contribution in [-0.4, -0.2) is 4.57 Å². The molecule has 0 radical (unpaired) electrons. The molecule has 1 aromatic heterocycles. The van der Waals surface area contributed by atoms with Crippen molar-refractivity contribution in [3.05, 3.63) is 176 Å². The summed E-state index contributed by atoms with van der Waals surface area (Å²) >= 11 is 0. The van der Waals surface area contributed by atoms with E-state index in [-0.39, 0.29) is 0 Å². The van der Waals surface area contributed by atoms with Crippen LogP contribution in [0.25, 0.3) is 92.8 Å². The first-order chi connectivity index (χ1) is 23.3. The van der Waals surface area contributed by atoms with Crippen LogP contribution in [0, 0.1) is 0 Å². The largest absolute Gasteiger partial charge is 0.309 e. The van der Waals surface area contributed by atoms with Crippen molar-refractivity contribution in [1.82, 2.24) is 4.57 Å². The van der Waals surface area contributed by atoms with Crippen molar-refractivity contribution in [3.8, 4) is 27.9 Å². The molecule has 0 fully saturated rings. The van der Waals surface area contributed by atoms with Gasteiger partial charge in [0.25, 0.3) is 0 Å². The highest BCUT2D eigenvalue weighted by Gasteiger charge is 2.17. The van der Waals surface area contributed by atoms with Gasteiger partial charge in [0.05, 0.1) is 11.0 Å². The van der Waals surface area contributed by atoms with E-state index >= 15 is 0 Å². The van der Waals surface area contributed by atoms with Crippen LogP contribution in [0.3, 0.4) is 0 Å². The Kier molecular flexibility index (Phi) is 5.64. The molecule has 9 aromatic carbocycles. The average molecular weight is 596 g/mol. The number of nitrogens with zero attached hydrogens (tertiary/aromatic N) is 1. The van der Waals surface area contributed by atoms with Crippen LogP contribution in [0.2, 0.25) is 0 Å². The fourth-order valence-corrected chi connectivity index (χ4v) is 7.68. The summed E-state index contributed by atoms with van der Waals surface area (Å²) in [4.78, 5) is 0. The molecule has 0 bridgehead atoms. The fraction of sp³-hybridized carbons (Fsp3) is 0. The molecule has 0 spiro atoms. The number of aromatic nitrogens is 1. The van der Waals surface area contributed by atoms with E-state index < -0.39 is 0 Å². The van der Waals surface area contributed by atoms with Crippen molar-refractivity contribution < 1.29 is 0 Å². The zero-order valence-corrected chi connectivity index (χ0v) is 25.7. The number of fused-ring (bicyclic) bond motifs is 10. The zero-order valence-electron chi connectivity index (χ0n) is 25.7. The lowest BCUT2D eigenvalue weighted by atomic mass is 9.91. The summed E-state index contributed by atoms with van der Waals surface area (Å²) in [6, 6.07) is 64.6. The van der Waals surface area contributed by atoms with Gasteiger partial charge in [-0.2, -0.15) is 0 Å². The Morgan fingerprint density at radius 1 is 0.255 bits per heavy atom. The quantitative estimate of drug-likeness (QED) is 0.179. The second-order valence-corrected chi connectivity index (χ2v) is 12.5. The molecule has 218 valence electrons. The molecule has 0 N–H and O–H groups in total. The van der Waals surface area contributed by atoms with Crippen LogP contribution in [0.15, 0.2) is 176 Å². The molecule has 0 atom stereocenters. The minimum absolute atomic E-state index is 1.17. The third-order valence-electron chi connectivity index (χ3n) is 9.94. The van der Waals surface area contributed by atoms with Crippen molar-refractivity contribution in [2.24, 2.45) is 0 Å². The Balaban J connectivity index is 1.23. The standard InChI is InChI=1S/C46H29N/c1-2-10-30(11-3-1)32-20-23-36(24-21-32)47-45-17-9-8-16-40(45)44-28-42-39-25-22-35(34-19-18-31-12-4-5-13-33(31)26-34)27-41(39)37-14-6-7-15-38(37)43(42)29-46(44)47/h1-29H. The van der Waals surface area contributed by atoms with Gasteiger partial charge in [-0.25, -0.2) is 0 Å². The minimum Gasteiger partial charge on any atom is -0.309 e. The summed E-state index contributed by atoms with van der Waals surface area (Å²) in [5, 5.41) is 12.8. The molecule has 1 nitrogen and oxygen atoms in total. The number of para-hydroxylation sites is 1. The van der Waals surface area contributed by atoms with Crippen LogP contribution in [0.1, 0.15) is 0 Å². The molecule has 0 aliphatic heterocycles. The normalized spacial score (nSPS) is 11.8. The second kappa shape index (κ2) is 10.2. The maximum Gasteiger partial charge on any atom is 0.0547 e. The van der Waals surface area contributed by atoms with Crippen LogP contribution in [-0.2, 0) is 0 Å². The third kappa shape index (κ3) is 4.03. The highest BCUT2D eigenvalue weighted by Crippen LogP contribution is 2.42. The molecule has 10 rings (SSSR count). The van der Waals surface area contributed by atoms with E-state index in [1.165, 1.54) is 92.8 Å². The van der Waals surface area contributed by atoms with Crippen molar-refractivity contribution in [2.75, 3.05) is 0 Å². The van der Waals surface area contributed by atoms with Gasteiger partial charge in [-0.05, 0) is 108 Å². The summed E-state index contributed by atoms with van der Waals surface area (Å²) < 4.78 is 2.43. The molecule has 0 aliphatic rings. The van der Waals surface area contributed by atoms with Gasteiger partial charge < -0.3 is 4.57 Å². The average Bonchev–Trinajstić information content (AvgIpc) is 3.47. The molecule has 1 heterocycles. The molecular weight excluding hydrogens is 567 g/mol. The molecular formula is C46H29N. The smallest absolute Gasteiger partial charge is 0.0547 e. The van der Waals surface area contributed by atoms with Crippen molar-refractivity contribution in [2.45, 2.75) is 0 Å². The van der Waals surface area contributed by atoms with Gasteiger partial charge in [-0.15, -0.1) is 0 Å². The summed E-state index contributed by atoms with van der Waals surface area (Å²) in [7, 11) is 0. The van der Waals surface area contributed by atoms with Gasteiger partial charge in [0.2, 0.25) is 0 Å². The molecule has 1 heteroatoms. The summed E-state index contributed by atoms with van der Waals surface area (Å²) in [6.07, 6.45) is 0. The SMILES string of the molecule is c1ccc(-c2ccc(-n3c4ccccc4c4cc5c6ccc(-c7ccc8ccccc8c7)cc6c6ccccc6c5cc43)cc2)cc1. The molecule has 0 amide bonds. The lowest BCUT2D eigenvalue weighted by Gasteiger charge is -2.14. The molecule has 10 aromatic rings. The van der Waals surface area contributed by atoms with Crippen LogP contribution >= 0.6 is 0 Å². The topological polar surface area (TPSA) is 4.93 Å². The summed E-state index contributed by atoms with van der Waals surface area (Å²) in [5.41, 5.74) is 8.55. The minimum atomic E-state index is 1.17. The van der Waals surface area contributed by atoms with Crippen LogP contribution < -0.4 is 0 Å². The number of benzene rings is 9. The number of hydrogen-bond acceptors (Lipinski definition) is 0. The van der Waals surface area contributed by atoms with Gasteiger partial charge in [0.15, 0.2) is 0 Å². The Bertz CT molecular complexity index is 2820. The van der Waals surface area contributed by atoms with Crippen LogP contribution in [0.5, 0.6) is 0 Å².